The van der Waals surface area contributed by atoms with Crippen molar-refractivity contribution in [3.05, 3.63) is 0 Å². The van der Waals surface area contributed by atoms with Crippen molar-refractivity contribution in [2.45, 2.75) is 266 Å². The predicted molar refractivity (Wildman–Crippen MR) is 226 cm³/mol. The molecule has 0 saturated heterocycles. The highest BCUT2D eigenvalue weighted by Crippen LogP contribution is 2.41. The minimum atomic E-state index is 0.875. The predicted octanol–water partition coefficient (Wildman–Crippen LogP) is 17.7. The quantitative estimate of drug-likeness (QED) is 0.168. The molecule has 296 valence electrons. The number of unbranched alkanes of at least 4 members (excludes halogenated alkanes) is 4. The first kappa shape index (κ1) is 44.4. The molecular formula is C50H96. The molecule has 8 unspecified atom stereocenters. The van der Waals surface area contributed by atoms with E-state index in [0.29, 0.717) is 0 Å². The van der Waals surface area contributed by atoms with Crippen LogP contribution in [0.2, 0.25) is 0 Å². The second kappa shape index (κ2) is 28.4. The van der Waals surface area contributed by atoms with Gasteiger partial charge >= 0.3 is 0 Å². The van der Waals surface area contributed by atoms with Crippen molar-refractivity contribution >= 4 is 0 Å². The largest absolute Gasteiger partial charge is 0.0654 e. The van der Waals surface area contributed by atoms with Gasteiger partial charge in [-0.25, -0.2) is 0 Å². The lowest BCUT2D eigenvalue weighted by atomic mass is 9.75. The first-order chi connectivity index (χ1) is 24.5. The van der Waals surface area contributed by atoms with E-state index >= 15 is 0 Å². The monoisotopic (exact) mass is 697 g/mol. The molecule has 0 radical (unpaired) electrons. The normalized spacial score (nSPS) is 32.5. The zero-order valence-electron chi connectivity index (χ0n) is 35.7. The van der Waals surface area contributed by atoms with Gasteiger partial charge in [0, 0.05) is 0 Å². The van der Waals surface area contributed by atoms with E-state index < -0.39 is 0 Å². The topological polar surface area (TPSA) is 0 Å². The van der Waals surface area contributed by atoms with Crippen molar-refractivity contribution in [1.82, 2.24) is 0 Å². The molecule has 0 aromatic heterocycles. The van der Waals surface area contributed by atoms with Crippen LogP contribution in [0, 0.1) is 53.3 Å². The average molecular weight is 697 g/mol. The van der Waals surface area contributed by atoms with E-state index in [2.05, 4.69) is 34.6 Å². The standard InChI is InChI=1S/C50H96/c1-6-9-10-11-13-27-43-28-16-17-34-50-40-24-39-49-37-19-18-33-46(25-7-2)45(8-3)31-14-12-15-32-47(49)35-20-21-36-48(50)38-23-30-44(41-43)29-22-26-42(4)5/h42-50H,6-41H2,1-5H3. The van der Waals surface area contributed by atoms with E-state index in [1.54, 1.807) is 96.3 Å². The van der Waals surface area contributed by atoms with Crippen molar-refractivity contribution in [1.29, 1.82) is 0 Å². The minimum absolute atomic E-state index is 0.875. The third kappa shape index (κ3) is 18.9. The van der Waals surface area contributed by atoms with Crippen molar-refractivity contribution in [2.75, 3.05) is 0 Å². The van der Waals surface area contributed by atoms with Crippen LogP contribution >= 0.6 is 0 Å². The molecule has 0 aromatic carbocycles. The molecule has 50 heavy (non-hydrogen) atoms. The maximum Gasteiger partial charge on any atom is -0.0386 e. The van der Waals surface area contributed by atoms with Crippen molar-refractivity contribution in [3.8, 4) is 0 Å². The lowest BCUT2D eigenvalue weighted by Gasteiger charge is -2.31. The minimum Gasteiger partial charge on any atom is -0.0654 e. The summed E-state index contributed by atoms with van der Waals surface area (Å²) in [5, 5.41) is 0. The Hall–Kier alpha value is 0. The Kier molecular flexibility index (Phi) is 25.3. The molecule has 0 aliphatic heterocycles. The number of hydrogen-bond donors (Lipinski definition) is 0. The van der Waals surface area contributed by atoms with Crippen molar-refractivity contribution in [2.24, 2.45) is 53.3 Å². The van der Waals surface area contributed by atoms with Gasteiger partial charge in [-0.3, -0.25) is 0 Å². The van der Waals surface area contributed by atoms with Crippen molar-refractivity contribution < 1.29 is 0 Å². The fourth-order valence-electron chi connectivity index (χ4n) is 12.1. The van der Waals surface area contributed by atoms with Crippen LogP contribution in [0.4, 0.5) is 0 Å². The highest BCUT2D eigenvalue weighted by atomic mass is 14.3. The fourth-order valence-corrected chi connectivity index (χ4v) is 12.1. The molecule has 8 atom stereocenters. The molecule has 3 aliphatic rings. The molecular weight excluding hydrogens is 601 g/mol. The summed E-state index contributed by atoms with van der Waals surface area (Å²) in [5.74, 6) is 9.09. The van der Waals surface area contributed by atoms with Crippen LogP contribution in [0.3, 0.4) is 0 Å². The highest BCUT2D eigenvalue weighted by molar-refractivity contribution is 4.80. The van der Waals surface area contributed by atoms with Gasteiger partial charge < -0.3 is 0 Å². The molecule has 0 heterocycles. The van der Waals surface area contributed by atoms with Crippen LogP contribution in [0.15, 0.2) is 0 Å². The van der Waals surface area contributed by atoms with Gasteiger partial charge in [-0.1, -0.05) is 259 Å². The molecule has 0 nitrogen and oxygen atoms in total. The van der Waals surface area contributed by atoms with Gasteiger partial charge in [0.1, 0.15) is 0 Å². The molecule has 3 fully saturated rings. The smallest absolute Gasteiger partial charge is 0.0386 e. The van der Waals surface area contributed by atoms with Gasteiger partial charge in [0.2, 0.25) is 0 Å². The SMILES string of the molecule is CCCCCCCC1CCCCC2CCCC3CCCCC(CCC)C(CC)CCCCCC3CCCCC2CCCC(CCCC(C)C)C1. The number of hydrogen-bond acceptors (Lipinski definition) is 0. The van der Waals surface area contributed by atoms with E-state index in [-0.39, 0.29) is 0 Å². The first-order valence-electron chi connectivity index (χ1n) is 24.5. The second-order valence-corrected chi connectivity index (χ2v) is 19.6. The summed E-state index contributed by atoms with van der Waals surface area (Å²) in [4.78, 5) is 0. The maximum absolute atomic E-state index is 2.49. The molecule has 3 saturated carbocycles. The second-order valence-electron chi connectivity index (χ2n) is 19.6. The van der Waals surface area contributed by atoms with E-state index in [4.69, 9.17) is 0 Å². The molecule has 3 aliphatic carbocycles. The summed E-state index contributed by atoms with van der Waals surface area (Å²) in [6, 6.07) is 0. The number of fused-ring (bicyclic) bond motifs is 2. The van der Waals surface area contributed by atoms with Gasteiger partial charge in [-0.05, 0) is 59.7 Å². The van der Waals surface area contributed by atoms with Crippen LogP contribution in [-0.2, 0) is 0 Å². The molecule has 3 rings (SSSR count). The molecule has 0 spiro atoms. The molecule has 0 N–H and O–H groups in total. The summed E-state index contributed by atoms with van der Waals surface area (Å²) in [6.45, 7) is 12.2. The van der Waals surface area contributed by atoms with E-state index in [0.717, 1.165) is 53.3 Å². The molecule has 0 heteroatoms. The van der Waals surface area contributed by atoms with Crippen LogP contribution in [0.1, 0.15) is 266 Å². The zero-order chi connectivity index (χ0) is 35.7. The zero-order valence-corrected chi connectivity index (χ0v) is 35.7. The summed E-state index contributed by atoms with van der Waals surface area (Å²) in [7, 11) is 0. The average Bonchev–Trinajstić information content (AvgIpc) is 3.11. The summed E-state index contributed by atoms with van der Waals surface area (Å²) in [5.41, 5.74) is 0. The number of rotatable bonds is 13. The molecule has 0 bridgehead atoms. The Morgan fingerprint density at radius 1 is 0.380 bits per heavy atom. The van der Waals surface area contributed by atoms with E-state index in [1.807, 2.05) is 0 Å². The van der Waals surface area contributed by atoms with Crippen LogP contribution < -0.4 is 0 Å². The van der Waals surface area contributed by atoms with E-state index in [1.165, 1.54) is 135 Å². The van der Waals surface area contributed by atoms with E-state index in [9.17, 15) is 0 Å². The lowest BCUT2D eigenvalue weighted by Crippen LogP contribution is -2.18. The Bertz CT molecular complexity index is 751. The third-order valence-electron chi connectivity index (χ3n) is 15.2. The van der Waals surface area contributed by atoms with Gasteiger partial charge in [0.25, 0.3) is 0 Å². The van der Waals surface area contributed by atoms with Crippen LogP contribution in [-0.4, -0.2) is 0 Å². The Morgan fingerprint density at radius 3 is 1.38 bits per heavy atom. The van der Waals surface area contributed by atoms with Gasteiger partial charge in [-0.15, -0.1) is 0 Å². The molecule has 0 aromatic rings. The van der Waals surface area contributed by atoms with Gasteiger partial charge in [0.15, 0.2) is 0 Å². The van der Waals surface area contributed by atoms with Crippen LogP contribution in [0.5, 0.6) is 0 Å². The van der Waals surface area contributed by atoms with Crippen molar-refractivity contribution in [3.63, 3.8) is 0 Å². The third-order valence-corrected chi connectivity index (χ3v) is 15.2. The van der Waals surface area contributed by atoms with Gasteiger partial charge in [0.05, 0.1) is 0 Å². The Balaban J connectivity index is 1.63. The summed E-state index contributed by atoms with van der Waals surface area (Å²) >= 11 is 0. The summed E-state index contributed by atoms with van der Waals surface area (Å²) < 4.78 is 0. The maximum atomic E-state index is 2.49. The first-order valence-corrected chi connectivity index (χ1v) is 24.5. The molecule has 0 amide bonds. The Morgan fingerprint density at radius 2 is 0.820 bits per heavy atom. The fraction of sp³-hybridized carbons (Fsp3) is 1.00. The van der Waals surface area contributed by atoms with Crippen LogP contribution in [0.25, 0.3) is 0 Å². The summed E-state index contributed by atoms with van der Waals surface area (Å²) in [6.07, 6.45) is 54.7. The Labute approximate surface area is 318 Å². The highest BCUT2D eigenvalue weighted by Gasteiger charge is 2.28. The van der Waals surface area contributed by atoms with Gasteiger partial charge in [-0.2, -0.15) is 0 Å². The lowest BCUT2D eigenvalue weighted by molar-refractivity contribution is 0.209.